The van der Waals surface area contributed by atoms with Crippen molar-refractivity contribution in [1.82, 2.24) is 4.98 Å². The van der Waals surface area contributed by atoms with Gasteiger partial charge in [0.1, 0.15) is 6.04 Å². The van der Waals surface area contributed by atoms with Gasteiger partial charge >= 0.3 is 0 Å². The number of sulfonamides is 1. The Hall–Kier alpha value is -2.95. The summed E-state index contributed by atoms with van der Waals surface area (Å²) in [6, 6.07) is 11.7. The predicted molar refractivity (Wildman–Crippen MR) is 115 cm³/mol. The minimum atomic E-state index is -3.77. The maximum absolute atomic E-state index is 12.7. The summed E-state index contributed by atoms with van der Waals surface area (Å²) in [6.07, 6.45) is 1.49. The molecule has 1 fully saturated rings. The molecule has 0 saturated carbocycles. The van der Waals surface area contributed by atoms with Crippen molar-refractivity contribution in [3.8, 4) is 0 Å². The first-order valence-corrected chi connectivity index (χ1v) is 11.5. The lowest BCUT2D eigenvalue weighted by Crippen LogP contribution is -2.34. The number of carbonyl (C=O) groups excluding carboxylic acids is 2. The molecule has 11 heteroatoms. The normalized spacial score (nSPS) is 16.7. The van der Waals surface area contributed by atoms with E-state index in [-0.39, 0.29) is 22.4 Å². The summed E-state index contributed by atoms with van der Waals surface area (Å²) in [5, 5.41) is 5.35. The number of rotatable bonds is 6. The number of halogens is 1. The van der Waals surface area contributed by atoms with Gasteiger partial charge in [0, 0.05) is 22.3 Å². The fourth-order valence-electron chi connectivity index (χ4n) is 3.01. The fraction of sp³-hybridized carbons (Fsp3) is 0.105. The number of aromatic nitrogens is 1. The Kier molecular flexibility index (Phi) is 5.46. The molecule has 0 aliphatic carbocycles. The van der Waals surface area contributed by atoms with E-state index in [0.717, 1.165) is 4.90 Å². The topological polar surface area (TPSA) is 108 Å². The number of hydrogen-bond acceptors (Lipinski definition) is 7. The largest absolute Gasteiger partial charge is 0.373 e. The van der Waals surface area contributed by atoms with Gasteiger partial charge in [-0.2, -0.15) is 0 Å². The zero-order valence-corrected chi connectivity index (χ0v) is 17.7. The smallest absolute Gasteiger partial charge is 0.263 e. The SMILES string of the molecule is O=C1C[C@@H](Nc2ccc(S(=O)(=O)Nc3nccs3)cc2)C(=O)N1c1cccc(Cl)c1. The number of anilines is 3. The molecule has 1 aromatic heterocycles. The van der Waals surface area contributed by atoms with Crippen LogP contribution in [0.25, 0.3) is 0 Å². The molecule has 1 atom stereocenters. The van der Waals surface area contributed by atoms with Crippen LogP contribution in [0, 0.1) is 0 Å². The summed E-state index contributed by atoms with van der Waals surface area (Å²) in [6.45, 7) is 0. The molecular weight excluding hydrogens is 448 g/mol. The Balaban J connectivity index is 1.47. The van der Waals surface area contributed by atoms with Crippen molar-refractivity contribution in [2.75, 3.05) is 14.9 Å². The van der Waals surface area contributed by atoms with Crippen molar-refractivity contribution in [2.45, 2.75) is 17.4 Å². The van der Waals surface area contributed by atoms with Crippen molar-refractivity contribution in [1.29, 1.82) is 0 Å². The van der Waals surface area contributed by atoms with Gasteiger partial charge in [0.2, 0.25) is 5.91 Å². The molecule has 0 spiro atoms. The van der Waals surface area contributed by atoms with Crippen LogP contribution in [0.3, 0.4) is 0 Å². The molecule has 4 rings (SSSR count). The van der Waals surface area contributed by atoms with E-state index in [4.69, 9.17) is 11.6 Å². The number of thiazole rings is 1. The van der Waals surface area contributed by atoms with Crippen molar-refractivity contribution in [2.24, 2.45) is 0 Å². The van der Waals surface area contributed by atoms with Crippen LogP contribution in [0.4, 0.5) is 16.5 Å². The van der Waals surface area contributed by atoms with E-state index in [9.17, 15) is 18.0 Å². The first-order chi connectivity index (χ1) is 14.3. The molecule has 154 valence electrons. The summed E-state index contributed by atoms with van der Waals surface area (Å²) in [5.74, 6) is -0.740. The summed E-state index contributed by atoms with van der Waals surface area (Å²) >= 11 is 7.13. The van der Waals surface area contributed by atoms with Crippen LogP contribution in [0.15, 0.2) is 65.0 Å². The fourth-order valence-corrected chi connectivity index (χ4v) is 4.98. The van der Waals surface area contributed by atoms with Crippen molar-refractivity contribution >= 4 is 61.3 Å². The highest BCUT2D eigenvalue weighted by atomic mass is 35.5. The standard InChI is InChI=1S/C19H15ClN4O4S2/c20-12-2-1-3-14(10-12)24-17(25)11-16(18(24)26)22-13-4-6-15(7-5-13)30(27,28)23-19-21-8-9-29-19/h1-10,16,22H,11H2,(H,21,23)/t16-/m1/s1. The van der Waals surface area contributed by atoms with Gasteiger partial charge in [-0.3, -0.25) is 14.3 Å². The summed E-state index contributed by atoms with van der Waals surface area (Å²) in [7, 11) is -3.77. The Morgan fingerprint density at radius 2 is 1.90 bits per heavy atom. The number of amides is 2. The van der Waals surface area contributed by atoms with E-state index in [2.05, 4.69) is 15.0 Å². The molecule has 1 aliphatic heterocycles. The molecular formula is C19H15ClN4O4S2. The third-order valence-electron chi connectivity index (χ3n) is 4.37. The molecule has 1 saturated heterocycles. The quantitative estimate of drug-likeness (QED) is 0.544. The maximum atomic E-state index is 12.7. The molecule has 2 heterocycles. The zero-order valence-electron chi connectivity index (χ0n) is 15.3. The first-order valence-electron chi connectivity index (χ1n) is 8.75. The average Bonchev–Trinajstić information content (AvgIpc) is 3.29. The second kappa shape index (κ2) is 8.05. The van der Waals surface area contributed by atoms with Gasteiger partial charge in [0.05, 0.1) is 17.0 Å². The van der Waals surface area contributed by atoms with E-state index in [1.807, 2.05) is 0 Å². The number of hydrogen-bond donors (Lipinski definition) is 2. The van der Waals surface area contributed by atoms with Crippen LogP contribution >= 0.6 is 22.9 Å². The maximum Gasteiger partial charge on any atom is 0.263 e. The monoisotopic (exact) mass is 462 g/mol. The highest BCUT2D eigenvalue weighted by molar-refractivity contribution is 7.93. The van der Waals surface area contributed by atoms with Gasteiger partial charge in [-0.05, 0) is 42.5 Å². The van der Waals surface area contributed by atoms with E-state index >= 15 is 0 Å². The molecule has 0 radical (unpaired) electrons. The molecule has 1 aliphatic rings. The lowest BCUT2D eigenvalue weighted by molar-refractivity contribution is -0.121. The molecule has 30 heavy (non-hydrogen) atoms. The first kappa shape index (κ1) is 20.3. The van der Waals surface area contributed by atoms with Crippen molar-refractivity contribution < 1.29 is 18.0 Å². The Bertz CT molecular complexity index is 1200. The third kappa shape index (κ3) is 4.16. The van der Waals surface area contributed by atoms with Crippen molar-refractivity contribution in [3.63, 3.8) is 0 Å². The zero-order chi connectivity index (χ0) is 21.3. The van der Waals surface area contributed by atoms with E-state index in [0.29, 0.717) is 16.4 Å². The number of imide groups is 1. The molecule has 0 bridgehead atoms. The summed E-state index contributed by atoms with van der Waals surface area (Å²) < 4.78 is 27.2. The van der Waals surface area contributed by atoms with Gasteiger partial charge in [-0.25, -0.2) is 18.3 Å². The van der Waals surface area contributed by atoms with Gasteiger partial charge in [-0.1, -0.05) is 17.7 Å². The second-order valence-electron chi connectivity index (χ2n) is 6.42. The molecule has 2 N–H and O–H groups in total. The highest BCUT2D eigenvalue weighted by Crippen LogP contribution is 2.27. The second-order valence-corrected chi connectivity index (χ2v) is 9.43. The van der Waals surface area contributed by atoms with E-state index in [1.165, 1.54) is 41.8 Å². The van der Waals surface area contributed by atoms with Gasteiger partial charge in [0.15, 0.2) is 5.13 Å². The van der Waals surface area contributed by atoms with Gasteiger partial charge < -0.3 is 5.32 Å². The predicted octanol–water partition coefficient (Wildman–Crippen LogP) is 3.34. The van der Waals surface area contributed by atoms with Crippen LogP contribution in [-0.2, 0) is 19.6 Å². The van der Waals surface area contributed by atoms with Gasteiger partial charge in [0.25, 0.3) is 15.9 Å². The van der Waals surface area contributed by atoms with Crippen molar-refractivity contribution in [3.05, 3.63) is 65.1 Å². The number of nitrogens with one attached hydrogen (secondary N) is 2. The van der Waals surface area contributed by atoms with E-state index in [1.54, 1.807) is 29.6 Å². The number of nitrogens with zero attached hydrogens (tertiary/aromatic N) is 2. The molecule has 2 aromatic carbocycles. The summed E-state index contributed by atoms with van der Waals surface area (Å²) in [5.41, 5.74) is 0.929. The molecule has 8 nitrogen and oxygen atoms in total. The minimum absolute atomic E-state index is 0.0169. The molecule has 2 amide bonds. The van der Waals surface area contributed by atoms with Crippen LogP contribution in [0.2, 0.25) is 5.02 Å². The lowest BCUT2D eigenvalue weighted by Gasteiger charge is -2.16. The van der Waals surface area contributed by atoms with Crippen LogP contribution in [0.5, 0.6) is 0 Å². The molecule has 3 aromatic rings. The van der Waals surface area contributed by atoms with Gasteiger partial charge in [-0.15, -0.1) is 11.3 Å². The summed E-state index contributed by atoms with van der Waals surface area (Å²) in [4.78, 5) is 30.1. The van der Waals surface area contributed by atoms with Crippen LogP contribution < -0.4 is 14.9 Å². The minimum Gasteiger partial charge on any atom is -0.373 e. The Morgan fingerprint density at radius 1 is 1.13 bits per heavy atom. The molecule has 0 unspecified atom stereocenters. The highest BCUT2D eigenvalue weighted by Gasteiger charge is 2.39. The Labute approximate surface area is 181 Å². The average molecular weight is 463 g/mol. The van der Waals surface area contributed by atoms with Crippen LogP contribution in [0.1, 0.15) is 6.42 Å². The third-order valence-corrected chi connectivity index (χ3v) is 6.78. The lowest BCUT2D eigenvalue weighted by atomic mass is 10.2. The number of carbonyl (C=O) groups is 2. The Morgan fingerprint density at radius 3 is 2.57 bits per heavy atom. The van der Waals surface area contributed by atoms with E-state index < -0.39 is 22.0 Å². The number of benzene rings is 2. The van der Waals surface area contributed by atoms with Crippen LogP contribution in [-0.4, -0.2) is 31.3 Å².